The maximum atomic E-state index is 12.3. The maximum absolute atomic E-state index is 12.3. The van der Waals surface area contributed by atoms with Crippen molar-refractivity contribution in [1.29, 1.82) is 0 Å². The highest BCUT2D eigenvalue weighted by Gasteiger charge is 2.39. The number of carboxylic acid groups (broad SMARTS) is 1. The summed E-state index contributed by atoms with van der Waals surface area (Å²) in [6.07, 6.45) is 4.83. The van der Waals surface area contributed by atoms with Gasteiger partial charge in [0.15, 0.2) is 5.69 Å². The number of hydrogen-bond donors (Lipinski definition) is 3. The van der Waals surface area contributed by atoms with Gasteiger partial charge in [-0.15, -0.1) is 5.11 Å². The Morgan fingerprint density at radius 1 is 1.06 bits per heavy atom. The van der Waals surface area contributed by atoms with Crippen LogP contribution in [0.4, 0.5) is 5.69 Å². The number of thiophene rings is 1. The fourth-order valence-electron chi connectivity index (χ4n) is 4.01. The van der Waals surface area contributed by atoms with Crippen molar-refractivity contribution in [3.63, 3.8) is 0 Å². The molecule has 8 heteroatoms. The molecule has 1 aliphatic carbocycles. The number of aromatic nitrogens is 1. The van der Waals surface area contributed by atoms with Crippen molar-refractivity contribution < 1.29 is 20.1 Å². The topological polar surface area (TPSA) is 107 Å². The van der Waals surface area contributed by atoms with E-state index in [1.807, 2.05) is 41.1 Å². The quantitative estimate of drug-likeness (QED) is 0.317. The normalized spacial score (nSPS) is 18.1. The minimum Gasteiger partial charge on any atom is -0.507 e. The molecular formula is C25H19N3O4S. The van der Waals surface area contributed by atoms with Gasteiger partial charge in [-0.3, -0.25) is 4.57 Å². The third kappa shape index (κ3) is 3.50. The Labute approximate surface area is 192 Å². The Morgan fingerprint density at radius 2 is 1.85 bits per heavy atom. The molecule has 0 fully saturated rings. The summed E-state index contributed by atoms with van der Waals surface area (Å²) in [6, 6.07) is 16.0. The van der Waals surface area contributed by atoms with E-state index in [1.54, 1.807) is 41.0 Å². The predicted molar refractivity (Wildman–Crippen MR) is 128 cm³/mol. The van der Waals surface area contributed by atoms with Gasteiger partial charge in [-0.1, -0.05) is 48.6 Å². The third-order valence-electron chi connectivity index (χ3n) is 5.67. The van der Waals surface area contributed by atoms with E-state index in [0.717, 1.165) is 11.2 Å². The number of nitrogens with zero attached hydrogens (tertiary/aromatic N) is 3. The third-order valence-corrected chi connectivity index (χ3v) is 6.34. The van der Waals surface area contributed by atoms with Gasteiger partial charge in [0, 0.05) is 22.8 Å². The van der Waals surface area contributed by atoms with Gasteiger partial charge in [0.05, 0.1) is 11.2 Å². The summed E-state index contributed by atoms with van der Waals surface area (Å²) in [5.74, 6) is -1.23. The van der Waals surface area contributed by atoms with E-state index in [2.05, 4.69) is 10.2 Å². The molecule has 1 aliphatic rings. The summed E-state index contributed by atoms with van der Waals surface area (Å²) < 4.78 is 1.66. The minimum absolute atomic E-state index is 0.00381. The fraction of sp³-hybridized carbons (Fsp3) is 0.0800. The summed E-state index contributed by atoms with van der Waals surface area (Å²) in [6.45, 7) is 0. The highest BCUT2D eigenvalue weighted by Crippen LogP contribution is 2.43. The van der Waals surface area contributed by atoms with E-state index < -0.39 is 11.5 Å². The zero-order valence-electron chi connectivity index (χ0n) is 17.3. The number of carbonyl (C=O) groups is 1. The SMILES string of the molecule is O=C(O)C1(N=Nc2c(O)n(-c3ccsc3)c3ccccc23)C=CC=C(c2ccccc2O)C1. The van der Waals surface area contributed by atoms with Crippen LogP contribution in [-0.2, 0) is 4.79 Å². The van der Waals surface area contributed by atoms with Gasteiger partial charge >= 0.3 is 5.97 Å². The molecule has 0 spiro atoms. The molecule has 1 unspecified atom stereocenters. The van der Waals surface area contributed by atoms with Gasteiger partial charge in [-0.05, 0) is 35.2 Å². The molecule has 5 rings (SSSR count). The number of para-hydroxylation sites is 2. The zero-order chi connectivity index (χ0) is 23.0. The van der Waals surface area contributed by atoms with Crippen molar-refractivity contribution in [3.8, 4) is 17.3 Å². The Bertz CT molecular complexity index is 1450. The van der Waals surface area contributed by atoms with E-state index in [0.29, 0.717) is 16.5 Å². The lowest BCUT2D eigenvalue weighted by molar-refractivity contribution is -0.141. The molecule has 1 atom stereocenters. The van der Waals surface area contributed by atoms with Gasteiger partial charge in [0.2, 0.25) is 11.4 Å². The minimum atomic E-state index is -1.68. The maximum Gasteiger partial charge on any atom is 0.337 e. The van der Waals surface area contributed by atoms with Crippen molar-refractivity contribution in [3.05, 3.63) is 89.1 Å². The monoisotopic (exact) mass is 457 g/mol. The average Bonchev–Trinajstić information content (AvgIpc) is 3.44. The van der Waals surface area contributed by atoms with E-state index in [4.69, 9.17) is 0 Å². The van der Waals surface area contributed by atoms with Crippen molar-refractivity contribution in [2.24, 2.45) is 10.2 Å². The van der Waals surface area contributed by atoms with Crippen LogP contribution in [0.5, 0.6) is 11.6 Å². The second-order valence-corrected chi connectivity index (χ2v) is 8.46. The van der Waals surface area contributed by atoms with E-state index in [1.165, 1.54) is 17.4 Å². The van der Waals surface area contributed by atoms with Crippen LogP contribution in [0.15, 0.2) is 93.8 Å². The molecule has 3 N–H and O–H groups in total. The van der Waals surface area contributed by atoms with E-state index in [-0.39, 0.29) is 23.7 Å². The molecule has 33 heavy (non-hydrogen) atoms. The number of benzene rings is 2. The lowest BCUT2D eigenvalue weighted by atomic mass is 9.84. The molecule has 0 saturated carbocycles. The molecule has 7 nitrogen and oxygen atoms in total. The average molecular weight is 458 g/mol. The number of phenolic OH excluding ortho intramolecular Hbond substituents is 1. The number of rotatable bonds is 5. The smallest absolute Gasteiger partial charge is 0.337 e. The fourth-order valence-corrected chi connectivity index (χ4v) is 4.63. The highest BCUT2D eigenvalue weighted by atomic mass is 32.1. The molecule has 4 aromatic rings. The van der Waals surface area contributed by atoms with Crippen LogP contribution in [-0.4, -0.2) is 31.4 Å². The Morgan fingerprint density at radius 3 is 2.61 bits per heavy atom. The molecule has 0 saturated heterocycles. The number of phenols is 1. The first-order chi connectivity index (χ1) is 16.0. The van der Waals surface area contributed by atoms with Crippen LogP contribution < -0.4 is 0 Å². The lowest BCUT2D eigenvalue weighted by Gasteiger charge is -2.25. The zero-order valence-corrected chi connectivity index (χ0v) is 18.1. The van der Waals surface area contributed by atoms with Crippen LogP contribution in [0.3, 0.4) is 0 Å². The predicted octanol–water partition coefficient (Wildman–Crippen LogP) is 6.05. The number of fused-ring (bicyclic) bond motifs is 1. The molecule has 2 aromatic heterocycles. The van der Waals surface area contributed by atoms with Crippen LogP contribution in [0.1, 0.15) is 12.0 Å². The van der Waals surface area contributed by atoms with Crippen LogP contribution in [0, 0.1) is 0 Å². The first kappa shape index (κ1) is 20.7. The highest BCUT2D eigenvalue weighted by molar-refractivity contribution is 7.08. The van der Waals surface area contributed by atoms with Gasteiger partial charge in [0.25, 0.3) is 0 Å². The second kappa shape index (κ2) is 8.07. The molecule has 2 aromatic carbocycles. The standard InChI is InChI=1S/C25H19N3O4S/c29-21-10-4-2-7-18(21)16-6-5-12-25(14-16,24(31)32)27-26-22-19-8-1-3-9-20(19)28(23(22)30)17-11-13-33-15-17/h1-13,15,29-30H,14H2,(H,31,32). The second-order valence-electron chi connectivity index (χ2n) is 7.68. The Hall–Kier alpha value is -4.17. The van der Waals surface area contributed by atoms with E-state index >= 15 is 0 Å². The first-order valence-corrected chi connectivity index (χ1v) is 11.1. The Kier molecular flexibility index (Phi) is 5.07. The van der Waals surface area contributed by atoms with Gasteiger partial charge in [-0.2, -0.15) is 16.5 Å². The molecule has 0 amide bonds. The van der Waals surface area contributed by atoms with Gasteiger partial charge < -0.3 is 15.3 Å². The van der Waals surface area contributed by atoms with E-state index in [9.17, 15) is 20.1 Å². The summed E-state index contributed by atoms with van der Waals surface area (Å²) in [5, 5.41) is 44.3. The molecular weight excluding hydrogens is 438 g/mol. The van der Waals surface area contributed by atoms with Crippen molar-refractivity contribution in [1.82, 2.24) is 4.57 Å². The number of allylic oxidation sites excluding steroid dienone is 2. The first-order valence-electron chi connectivity index (χ1n) is 10.2. The van der Waals surface area contributed by atoms with Gasteiger partial charge in [-0.25, -0.2) is 4.79 Å². The number of carboxylic acids is 1. The largest absolute Gasteiger partial charge is 0.507 e. The van der Waals surface area contributed by atoms with Crippen LogP contribution in [0.2, 0.25) is 0 Å². The van der Waals surface area contributed by atoms with Crippen LogP contribution >= 0.6 is 11.3 Å². The van der Waals surface area contributed by atoms with Crippen molar-refractivity contribution in [2.45, 2.75) is 12.0 Å². The lowest BCUT2D eigenvalue weighted by Crippen LogP contribution is -2.35. The van der Waals surface area contributed by atoms with Crippen molar-refractivity contribution >= 4 is 39.5 Å². The molecule has 0 aliphatic heterocycles. The Balaban J connectivity index is 1.59. The number of hydrogen-bond acceptors (Lipinski definition) is 6. The summed E-state index contributed by atoms with van der Waals surface area (Å²) in [5.41, 5.74) is 1.21. The molecule has 2 heterocycles. The summed E-state index contributed by atoms with van der Waals surface area (Å²) >= 11 is 1.50. The molecule has 0 radical (unpaired) electrons. The van der Waals surface area contributed by atoms with Gasteiger partial charge in [0.1, 0.15) is 5.75 Å². The number of aromatic hydroxyl groups is 2. The number of azo groups is 1. The summed E-state index contributed by atoms with van der Waals surface area (Å²) in [7, 11) is 0. The number of aliphatic carboxylic acids is 1. The van der Waals surface area contributed by atoms with Crippen molar-refractivity contribution in [2.75, 3.05) is 0 Å². The molecule has 164 valence electrons. The molecule has 0 bridgehead atoms. The summed E-state index contributed by atoms with van der Waals surface area (Å²) in [4.78, 5) is 12.3. The van der Waals surface area contributed by atoms with Crippen LogP contribution in [0.25, 0.3) is 22.2 Å².